The van der Waals surface area contributed by atoms with Crippen LogP contribution in [0.4, 0.5) is 5.69 Å². The molecule has 1 N–H and O–H groups in total. The summed E-state index contributed by atoms with van der Waals surface area (Å²) >= 11 is 9.85. The molecule has 29 heavy (non-hydrogen) atoms. The SMILES string of the molecule is COc1ccc(Br)cc1C(=O)N/N=C/c1cc2c(cc1Cl)N(C)C(C)(C)C=C2C. The minimum atomic E-state index is -0.369. The van der Waals surface area contributed by atoms with E-state index in [0.29, 0.717) is 16.3 Å². The number of anilines is 1. The molecule has 1 heterocycles. The lowest BCUT2D eigenvalue weighted by atomic mass is 9.88. The second-order valence-corrected chi connectivity index (χ2v) is 8.80. The van der Waals surface area contributed by atoms with E-state index in [9.17, 15) is 4.79 Å². The fourth-order valence-electron chi connectivity index (χ4n) is 3.36. The molecule has 1 amide bonds. The van der Waals surface area contributed by atoms with E-state index in [2.05, 4.69) is 65.3 Å². The van der Waals surface area contributed by atoms with Gasteiger partial charge in [0.2, 0.25) is 0 Å². The van der Waals surface area contributed by atoms with Crippen LogP contribution in [0.25, 0.3) is 5.57 Å². The van der Waals surface area contributed by atoms with Gasteiger partial charge in [0.05, 0.1) is 29.4 Å². The first kappa shape index (κ1) is 21.4. The maximum absolute atomic E-state index is 12.5. The second kappa shape index (κ2) is 8.20. The molecule has 0 saturated carbocycles. The summed E-state index contributed by atoms with van der Waals surface area (Å²) in [4.78, 5) is 14.7. The molecule has 0 aromatic heterocycles. The number of ether oxygens (including phenoxy) is 1. The molecule has 3 rings (SSSR count). The molecule has 2 aromatic rings. The van der Waals surface area contributed by atoms with Crippen LogP contribution in [0.1, 0.15) is 42.3 Å². The second-order valence-electron chi connectivity index (χ2n) is 7.47. The van der Waals surface area contributed by atoms with Crippen LogP contribution in [-0.4, -0.2) is 31.8 Å². The molecule has 7 heteroatoms. The minimum absolute atomic E-state index is 0.0903. The van der Waals surface area contributed by atoms with Crippen LogP contribution in [0.5, 0.6) is 5.75 Å². The van der Waals surface area contributed by atoms with Gasteiger partial charge < -0.3 is 9.64 Å². The molecule has 152 valence electrons. The zero-order chi connectivity index (χ0) is 21.3. The number of rotatable bonds is 4. The number of benzene rings is 2. The Morgan fingerprint density at radius 2 is 2.03 bits per heavy atom. The highest BCUT2D eigenvalue weighted by atomic mass is 79.9. The lowest BCUT2D eigenvalue weighted by Gasteiger charge is -2.40. The van der Waals surface area contributed by atoms with Gasteiger partial charge in [-0.2, -0.15) is 5.10 Å². The average molecular weight is 477 g/mol. The Balaban J connectivity index is 1.85. The lowest BCUT2D eigenvalue weighted by molar-refractivity contribution is 0.0952. The highest BCUT2D eigenvalue weighted by Gasteiger charge is 2.29. The maximum Gasteiger partial charge on any atom is 0.275 e. The summed E-state index contributed by atoms with van der Waals surface area (Å²) in [7, 11) is 3.57. The molecule has 0 unspecified atom stereocenters. The van der Waals surface area contributed by atoms with Crippen molar-refractivity contribution in [1.29, 1.82) is 0 Å². The summed E-state index contributed by atoms with van der Waals surface area (Å²) in [6.45, 7) is 6.41. The van der Waals surface area contributed by atoms with E-state index in [0.717, 1.165) is 21.3 Å². The number of hydrogen-bond acceptors (Lipinski definition) is 4. The number of likely N-dealkylation sites (N-methyl/N-ethyl adjacent to an activating group) is 1. The largest absolute Gasteiger partial charge is 0.496 e. The van der Waals surface area contributed by atoms with Crippen LogP contribution in [-0.2, 0) is 0 Å². The Morgan fingerprint density at radius 3 is 2.72 bits per heavy atom. The van der Waals surface area contributed by atoms with Crippen molar-refractivity contribution in [2.45, 2.75) is 26.3 Å². The van der Waals surface area contributed by atoms with Gasteiger partial charge in [0, 0.05) is 28.3 Å². The van der Waals surface area contributed by atoms with Gasteiger partial charge in [0.25, 0.3) is 5.91 Å². The molecular formula is C22H23BrClN3O2. The van der Waals surface area contributed by atoms with Gasteiger partial charge in [-0.15, -0.1) is 0 Å². The van der Waals surface area contributed by atoms with Crippen molar-refractivity contribution >= 4 is 50.9 Å². The maximum atomic E-state index is 12.5. The molecule has 2 aromatic carbocycles. The third kappa shape index (κ3) is 4.33. The molecule has 0 saturated heterocycles. The van der Waals surface area contributed by atoms with Gasteiger partial charge in [-0.1, -0.05) is 33.6 Å². The van der Waals surface area contributed by atoms with Crippen LogP contribution in [0.2, 0.25) is 5.02 Å². The average Bonchev–Trinajstić information content (AvgIpc) is 2.66. The molecule has 0 radical (unpaired) electrons. The van der Waals surface area contributed by atoms with E-state index in [4.69, 9.17) is 16.3 Å². The van der Waals surface area contributed by atoms with Gasteiger partial charge in [0.15, 0.2) is 0 Å². The number of hydrazone groups is 1. The van der Waals surface area contributed by atoms with E-state index in [1.54, 1.807) is 24.4 Å². The molecule has 1 aliphatic heterocycles. The van der Waals surface area contributed by atoms with Crippen molar-refractivity contribution in [3.63, 3.8) is 0 Å². The first-order chi connectivity index (χ1) is 13.6. The molecule has 0 bridgehead atoms. The molecule has 0 atom stereocenters. The Hall–Kier alpha value is -2.31. The van der Waals surface area contributed by atoms with Gasteiger partial charge in [0.1, 0.15) is 5.75 Å². The van der Waals surface area contributed by atoms with Crippen LogP contribution in [0.3, 0.4) is 0 Å². The summed E-state index contributed by atoms with van der Waals surface area (Å²) in [6.07, 6.45) is 3.78. The van der Waals surface area contributed by atoms with Crippen LogP contribution in [0.15, 0.2) is 46.0 Å². The molecular weight excluding hydrogens is 454 g/mol. The normalized spacial score (nSPS) is 15.1. The first-order valence-electron chi connectivity index (χ1n) is 9.08. The standard InChI is InChI=1S/C22H23BrClN3O2/c1-13-11-22(2,3)27(4)19-10-18(24)14(8-16(13)19)12-25-26-21(28)17-9-15(23)6-7-20(17)29-5/h6-12H,1-5H3,(H,26,28)/b25-12+. The van der Waals surface area contributed by atoms with E-state index in [-0.39, 0.29) is 11.4 Å². The quantitative estimate of drug-likeness (QED) is 0.468. The summed E-state index contributed by atoms with van der Waals surface area (Å²) in [6, 6.07) is 9.14. The monoisotopic (exact) mass is 475 g/mol. The number of amides is 1. The van der Waals surface area contributed by atoms with E-state index in [1.807, 2.05) is 12.1 Å². The Bertz CT molecular complexity index is 1030. The number of carbonyl (C=O) groups excluding carboxylic acids is 1. The topological polar surface area (TPSA) is 53.9 Å². The van der Waals surface area contributed by atoms with Gasteiger partial charge >= 0.3 is 0 Å². The molecule has 5 nitrogen and oxygen atoms in total. The third-order valence-corrected chi connectivity index (χ3v) is 5.93. The number of hydrogen-bond donors (Lipinski definition) is 1. The molecule has 0 fully saturated rings. The number of nitrogens with one attached hydrogen (secondary N) is 1. The number of halogens is 2. The van der Waals surface area contributed by atoms with E-state index in [1.165, 1.54) is 12.7 Å². The van der Waals surface area contributed by atoms with E-state index >= 15 is 0 Å². The van der Waals surface area contributed by atoms with Crippen molar-refractivity contribution in [1.82, 2.24) is 5.43 Å². The highest BCUT2D eigenvalue weighted by Crippen LogP contribution is 2.40. The predicted molar refractivity (Wildman–Crippen MR) is 123 cm³/mol. The van der Waals surface area contributed by atoms with Crippen molar-refractivity contribution in [2.75, 3.05) is 19.1 Å². The zero-order valence-corrected chi connectivity index (χ0v) is 19.4. The number of fused-ring (bicyclic) bond motifs is 1. The number of nitrogens with zero attached hydrogens (tertiary/aromatic N) is 2. The summed E-state index contributed by atoms with van der Waals surface area (Å²) in [5.74, 6) is 0.102. The van der Waals surface area contributed by atoms with Crippen LogP contribution in [0, 0.1) is 0 Å². The number of methoxy groups -OCH3 is 1. The zero-order valence-electron chi connectivity index (χ0n) is 17.0. The Labute approximate surface area is 184 Å². The predicted octanol–water partition coefficient (Wildman–Crippen LogP) is 5.51. The molecule has 0 aliphatic carbocycles. The van der Waals surface area contributed by atoms with Crippen LogP contribution >= 0.6 is 27.5 Å². The summed E-state index contributed by atoms with van der Waals surface area (Å²) < 4.78 is 6.02. The summed E-state index contributed by atoms with van der Waals surface area (Å²) in [5, 5.41) is 4.66. The first-order valence-corrected chi connectivity index (χ1v) is 10.3. The smallest absolute Gasteiger partial charge is 0.275 e. The molecule has 1 aliphatic rings. The third-order valence-electron chi connectivity index (χ3n) is 5.11. The molecule has 0 spiro atoms. The van der Waals surface area contributed by atoms with Gasteiger partial charge in [-0.05, 0) is 56.7 Å². The number of allylic oxidation sites excluding steroid dienone is 1. The number of carbonyl (C=O) groups is 1. The van der Waals surface area contributed by atoms with Crippen molar-refractivity contribution in [2.24, 2.45) is 5.10 Å². The van der Waals surface area contributed by atoms with Crippen LogP contribution < -0.4 is 15.1 Å². The fraction of sp³-hybridized carbons (Fsp3) is 0.273. The lowest BCUT2D eigenvalue weighted by Crippen LogP contribution is -2.42. The fourth-order valence-corrected chi connectivity index (χ4v) is 3.93. The van der Waals surface area contributed by atoms with Crippen molar-refractivity contribution < 1.29 is 9.53 Å². The minimum Gasteiger partial charge on any atom is -0.496 e. The Kier molecular flexibility index (Phi) is 6.05. The van der Waals surface area contributed by atoms with Gasteiger partial charge in [-0.25, -0.2) is 5.43 Å². The van der Waals surface area contributed by atoms with Crippen molar-refractivity contribution in [3.8, 4) is 5.75 Å². The highest BCUT2D eigenvalue weighted by molar-refractivity contribution is 9.10. The van der Waals surface area contributed by atoms with Gasteiger partial charge in [-0.3, -0.25) is 4.79 Å². The van der Waals surface area contributed by atoms with E-state index < -0.39 is 0 Å². The summed E-state index contributed by atoms with van der Waals surface area (Å²) in [5.41, 5.74) is 6.90. The Morgan fingerprint density at radius 1 is 1.31 bits per heavy atom. The van der Waals surface area contributed by atoms with Crippen molar-refractivity contribution in [3.05, 3.63) is 62.6 Å².